The average molecular weight is 468 g/mol. The van der Waals surface area contributed by atoms with E-state index in [1.54, 1.807) is 18.5 Å². The molecule has 174 valence electrons. The summed E-state index contributed by atoms with van der Waals surface area (Å²) in [6, 6.07) is 16.5. The van der Waals surface area contributed by atoms with Gasteiger partial charge in [-0.2, -0.15) is 5.10 Å². The Balaban J connectivity index is 1.49. The van der Waals surface area contributed by atoms with Crippen molar-refractivity contribution in [2.75, 3.05) is 5.32 Å². The molecule has 0 unspecified atom stereocenters. The second kappa shape index (κ2) is 8.86. The number of nitrogens with zero attached hydrogens (tertiary/aromatic N) is 3. The molecule has 0 saturated heterocycles. The second-order valence-corrected chi connectivity index (χ2v) is 8.16. The zero-order chi connectivity index (χ0) is 24.5. The lowest BCUT2D eigenvalue weighted by atomic mass is 10.0. The number of urea groups is 1. The van der Waals surface area contributed by atoms with Gasteiger partial charge >= 0.3 is 6.03 Å². The molecule has 35 heavy (non-hydrogen) atoms. The number of nitrogens with one attached hydrogen (secondary N) is 2. The Morgan fingerprint density at radius 2 is 1.91 bits per heavy atom. The Bertz CT molecular complexity index is 1640. The van der Waals surface area contributed by atoms with Crippen molar-refractivity contribution in [2.45, 2.75) is 13.5 Å². The Labute approximate surface area is 199 Å². The number of pyridine rings is 2. The first kappa shape index (κ1) is 22.0. The highest BCUT2D eigenvalue weighted by molar-refractivity contribution is 5.95. The standard InChI is InChI=1S/C26H21FN6O2/c1-15-11-18(7-9-29-15)24-20-12-16(5-6-22(20)31-32-24)17-8-10-33(23(34)13-17)14-19-3-2-4-21(27)25(19)30-26(28)35/h2-13H,14H2,1H3,(H,31,32)(H3,28,30,35). The van der Waals surface area contributed by atoms with Crippen LogP contribution in [-0.4, -0.2) is 25.8 Å². The van der Waals surface area contributed by atoms with Gasteiger partial charge in [0.05, 0.1) is 17.7 Å². The molecule has 0 aliphatic carbocycles. The minimum Gasteiger partial charge on any atom is -0.351 e. The molecular formula is C26H21FN6O2. The van der Waals surface area contributed by atoms with Gasteiger partial charge in [-0.15, -0.1) is 0 Å². The molecule has 0 atom stereocenters. The van der Waals surface area contributed by atoms with E-state index in [1.807, 2.05) is 43.3 Å². The summed E-state index contributed by atoms with van der Waals surface area (Å²) in [7, 11) is 0. The van der Waals surface area contributed by atoms with E-state index in [0.29, 0.717) is 5.56 Å². The quantitative estimate of drug-likeness (QED) is 0.353. The predicted octanol–water partition coefficient (Wildman–Crippen LogP) is 4.44. The monoisotopic (exact) mass is 468 g/mol. The first-order valence-electron chi connectivity index (χ1n) is 10.8. The highest BCUT2D eigenvalue weighted by atomic mass is 19.1. The molecule has 5 aromatic rings. The number of aromatic amines is 1. The van der Waals surface area contributed by atoms with E-state index < -0.39 is 11.8 Å². The summed E-state index contributed by atoms with van der Waals surface area (Å²) in [5.41, 5.74) is 10.4. The van der Waals surface area contributed by atoms with Crippen LogP contribution in [0, 0.1) is 12.7 Å². The van der Waals surface area contributed by atoms with Crippen molar-refractivity contribution in [1.82, 2.24) is 19.7 Å². The zero-order valence-corrected chi connectivity index (χ0v) is 18.7. The number of aryl methyl sites for hydroxylation is 1. The number of aromatic nitrogens is 4. The van der Waals surface area contributed by atoms with E-state index in [1.165, 1.54) is 22.8 Å². The van der Waals surface area contributed by atoms with Crippen LogP contribution in [0.25, 0.3) is 33.3 Å². The van der Waals surface area contributed by atoms with Crippen molar-refractivity contribution < 1.29 is 9.18 Å². The summed E-state index contributed by atoms with van der Waals surface area (Å²) >= 11 is 0. The number of hydrogen-bond acceptors (Lipinski definition) is 4. The zero-order valence-electron chi connectivity index (χ0n) is 18.7. The van der Waals surface area contributed by atoms with E-state index in [-0.39, 0.29) is 17.8 Å². The molecule has 4 N–H and O–H groups in total. The van der Waals surface area contributed by atoms with Crippen LogP contribution in [-0.2, 0) is 6.54 Å². The third kappa shape index (κ3) is 4.39. The highest BCUT2D eigenvalue weighted by Gasteiger charge is 2.13. The van der Waals surface area contributed by atoms with E-state index >= 15 is 0 Å². The Morgan fingerprint density at radius 3 is 2.69 bits per heavy atom. The van der Waals surface area contributed by atoms with Gasteiger partial charge in [-0.25, -0.2) is 9.18 Å². The van der Waals surface area contributed by atoms with Crippen molar-refractivity contribution in [2.24, 2.45) is 5.73 Å². The number of fused-ring (bicyclic) bond motifs is 1. The largest absolute Gasteiger partial charge is 0.351 e. The molecule has 0 aliphatic heterocycles. The normalized spacial score (nSPS) is 11.0. The molecule has 8 nitrogen and oxygen atoms in total. The second-order valence-electron chi connectivity index (χ2n) is 8.16. The number of nitrogens with two attached hydrogens (primary N) is 1. The van der Waals surface area contributed by atoms with Gasteiger partial charge in [-0.05, 0) is 60.0 Å². The van der Waals surface area contributed by atoms with Gasteiger partial charge in [0, 0.05) is 35.1 Å². The Morgan fingerprint density at radius 1 is 1.09 bits per heavy atom. The van der Waals surface area contributed by atoms with Crippen LogP contribution in [0.5, 0.6) is 0 Å². The number of amides is 2. The molecule has 0 radical (unpaired) electrons. The minimum absolute atomic E-state index is 0.0414. The summed E-state index contributed by atoms with van der Waals surface area (Å²) in [4.78, 5) is 28.4. The van der Waals surface area contributed by atoms with Crippen molar-refractivity contribution in [1.29, 1.82) is 0 Å². The molecule has 0 aliphatic rings. The SMILES string of the molecule is Cc1cc(-c2n[nH]c3ccc(-c4ccn(Cc5cccc(F)c5NC(N)=O)c(=O)c4)cc23)ccn1. The Hall–Kier alpha value is -4.79. The average Bonchev–Trinajstić information content (AvgIpc) is 3.25. The van der Waals surface area contributed by atoms with Gasteiger partial charge in [0.15, 0.2) is 0 Å². The lowest BCUT2D eigenvalue weighted by Crippen LogP contribution is -2.23. The fourth-order valence-electron chi connectivity index (χ4n) is 4.07. The fraction of sp³-hybridized carbons (Fsp3) is 0.0769. The summed E-state index contributed by atoms with van der Waals surface area (Å²) in [6.45, 7) is 1.99. The van der Waals surface area contributed by atoms with Crippen molar-refractivity contribution in [3.63, 3.8) is 0 Å². The van der Waals surface area contributed by atoms with Gasteiger partial charge in [-0.1, -0.05) is 18.2 Å². The molecule has 0 fully saturated rings. The number of hydrogen-bond donors (Lipinski definition) is 3. The molecule has 3 aromatic heterocycles. The minimum atomic E-state index is -0.880. The summed E-state index contributed by atoms with van der Waals surface area (Å²) < 4.78 is 15.6. The third-order valence-corrected chi connectivity index (χ3v) is 5.75. The van der Waals surface area contributed by atoms with E-state index in [0.717, 1.165) is 39.0 Å². The molecule has 0 bridgehead atoms. The van der Waals surface area contributed by atoms with Crippen molar-refractivity contribution in [3.8, 4) is 22.4 Å². The first-order valence-corrected chi connectivity index (χ1v) is 10.8. The van der Waals surface area contributed by atoms with Crippen LogP contribution in [0.1, 0.15) is 11.3 Å². The number of para-hydroxylation sites is 1. The number of benzene rings is 2. The highest BCUT2D eigenvalue weighted by Crippen LogP contribution is 2.30. The van der Waals surface area contributed by atoms with E-state index in [4.69, 9.17) is 5.73 Å². The van der Waals surface area contributed by atoms with Gasteiger partial charge in [-0.3, -0.25) is 14.9 Å². The molecular weight excluding hydrogens is 447 g/mol. The Kier molecular flexibility index (Phi) is 5.58. The maximum absolute atomic E-state index is 14.2. The summed E-state index contributed by atoms with van der Waals surface area (Å²) in [5.74, 6) is -0.625. The van der Waals surface area contributed by atoms with Gasteiger partial charge < -0.3 is 15.6 Å². The van der Waals surface area contributed by atoms with Gasteiger partial charge in [0.25, 0.3) is 5.56 Å². The summed E-state index contributed by atoms with van der Waals surface area (Å²) in [5, 5.41) is 10.7. The van der Waals surface area contributed by atoms with Gasteiger partial charge in [0.1, 0.15) is 11.5 Å². The van der Waals surface area contributed by atoms with Crippen LogP contribution in [0.3, 0.4) is 0 Å². The van der Waals surface area contributed by atoms with Crippen LogP contribution in [0.15, 0.2) is 77.9 Å². The predicted molar refractivity (Wildman–Crippen MR) is 132 cm³/mol. The van der Waals surface area contributed by atoms with E-state index in [9.17, 15) is 14.0 Å². The smallest absolute Gasteiger partial charge is 0.316 e. The molecule has 5 rings (SSSR count). The molecule has 0 saturated carbocycles. The van der Waals surface area contributed by atoms with Crippen molar-refractivity contribution in [3.05, 3.63) is 100 Å². The maximum atomic E-state index is 14.2. The maximum Gasteiger partial charge on any atom is 0.316 e. The van der Waals surface area contributed by atoms with Crippen LogP contribution < -0.4 is 16.6 Å². The molecule has 2 aromatic carbocycles. The number of halogens is 1. The van der Waals surface area contributed by atoms with Gasteiger partial charge in [0.2, 0.25) is 0 Å². The molecule has 2 amide bonds. The van der Waals surface area contributed by atoms with Crippen LogP contribution in [0.4, 0.5) is 14.9 Å². The summed E-state index contributed by atoms with van der Waals surface area (Å²) in [6.07, 6.45) is 3.39. The molecule has 9 heteroatoms. The number of carbonyl (C=O) groups is 1. The van der Waals surface area contributed by atoms with Crippen LogP contribution >= 0.6 is 0 Å². The molecule has 3 heterocycles. The first-order chi connectivity index (χ1) is 16.9. The number of primary amides is 1. The number of H-pyrrole nitrogens is 1. The van der Waals surface area contributed by atoms with E-state index in [2.05, 4.69) is 20.5 Å². The molecule has 0 spiro atoms. The topological polar surface area (TPSA) is 119 Å². The lowest BCUT2D eigenvalue weighted by molar-refractivity contribution is 0.259. The van der Waals surface area contributed by atoms with Crippen LogP contribution in [0.2, 0.25) is 0 Å². The third-order valence-electron chi connectivity index (χ3n) is 5.75. The number of rotatable bonds is 5. The van der Waals surface area contributed by atoms with Crippen molar-refractivity contribution >= 4 is 22.6 Å². The fourth-order valence-corrected chi connectivity index (χ4v) is 4.07. The lowest BCUT2D eigenvalue weighted by Gasteiger charge is -2.13. The number of carbonyl (C=O) groups excluding carboxylic acids is 1. The number of anilines is 1.